The topological polar surface area (TPSA) is 69.6 Å². The number of halogens is 1. The molecule has 2 unspecified atom stereocenters. The molecule has 0 fully saturated rings. The molecule has 17 heavy (non-hydrogen) atoms. The standard InChI is InChI=1S/C12H16ClNO3/c1-7(5-8(2)15)14-12(17)10-6-9(13)3-4-11(10)16/h3-4,6-8,15-16H,5H2,1-2H3,(H,14,17). The van der Waals surface area contributed by atoms with Gasteiger partial charge in [-0.25, -0.2) is 0 Å². The molecule has 3 N–H and O–H groups in total. The molecule has 94 valence electrons. The number of carbonyl (C=O) groups is 1. The fourth-order valence-corrected chi connectivity index (χ4v) is 1.73. The molecular formula is C12H16ClNO3. The van der Waals surface area contributed by atoms with Crippen LogP contribution < -0.4 is 5.32 Å². The first-order valence-electron chi connectivity index (χ1n) is 5.37. The molecule has 5 heteroatoms. The third-order valence-corrected chi connectivity index (χ3v) is 2.51. The second-order valence-corrected chi connectivity index (χ2v) is 4.56. The molecule has 0 saturated heterocycles. The van der Waals surface area contributed by atoms with Crippen molar-refractivity contribution >= 4 is 17.5 Å². The third-order valence-electron chi connectivity index (χ3n) is 2.28. The van der Waals surface area contributed by atoms with Crippen molar-refractivity contribution in [3.05, 3.63) is 28.8 Å². The summed E-state index contributed by atoms with van der Waals surface area (Å²) in [6.07, 6.45) is -0.0363. The highest BCUT2D eigenvalue weighted by molar-refractivity contribution is 6.31. The fraction of sp³-hybridized carbons (Fsp3) is 0.417. The number of hydrogen-bond acceptors (Lipinski definition) is 3. The van der Waals surface area contributed by atoms with E-state index in [0.717, 1.165) is 0 Å². The minimum absolute atomic E-state index is 0.115. The van der Waals surface area contributed by atoms with Crippen LogP contribution >= 0.6 is 11.6 Å². The summed E-state index contributed by atoms with van der Waals surface area (Å²) in [5, 5.41) is 21.8. The summed E-state index contributed by atoms with van der Waals surface area (Å²) in [6, 6.07) is 4.10. The van der Waals surface area contributed by atoms with E-state index in [1.54, 1.807) is 13.8 Å². The van der Waals surface area contributed by atoms with Crippen molar-refractivity contribution in [2.24, 2.45) is 0 Å². The van der Waals surface area contributed by atoms with Crippen LogP contribution in [0.25, 0.3) is 0 Å². The van der Waals surface area contributed by atoms with Crippen molar-refractivity contribution in [3.63, 3.8) is 0 Å². The lowest BCUT2D eigenvalue weighted by atomic mass is 10.1. The van der Waals surface area contributed by atoms with Crippen molar-refractivity contribution in [1.82, 2.24) is 5.32 Å². The Bertz CT molecular complexity index is 407. The predicted molar refractivity (Wildman–Crippen MR) is 66.3 cm³/mol. The second-order valence-electron chi connectivity index (χ2n) is 4.12. The highest BCUT2D eigenvalue weighted by atomic mass is 35.5. The fourth-order valence-electron chi connectivity index (χ4n) is 1.56. The van der Waals surface area contributed by atoms with Crippen molar-refractivity contribution in [1.29, 1.82) is 0 Å². The average Bonchev–Trinajstić information content (AvgIpc) is 2.20. The van der Waals surface area contributed by atoms with Gasteiger partial charge in [0, 0.05) is 11.1 Å². The summed E-state index contributed by atoms with van der Waals surface area (Å²) in [5.74, 6) is -0.519. The molecule has 0 aromatic heterocycles. The van der Waals surface area contributed by atoms with Gasteiger partial charge >= 0.3 is 0 Å². The van der Waals surface area contributed by atoms with E-state index in [1.165, 1.54) is 18.2 Å². The summed E-state index contributed by atoms with van der Waals surface area (Å²) < 4.78 is 0. The van der Waals surface area contributed by atoms with Crippen LogP contribution in [0, 0.1) is 0 Å². The molecule has 0 spiro atoms. The number of benzene rings is 1. The normalized spacial score (nSPS) is 14.1. The van der Waals surface area contributed by atoms with E-state index < -0.39 is 12.0 Å². The van der Waals surface area contributed by atoms with Gasteiger partial charge in [-0.05, 0) is 38.5 Å². The number of phenolic OH excluding ortho intramolecular Hbond substituents is 1. The van der Waals surface area contributed by atoms with Gasteiger partial charge in [-0.1, -0.05) is 11.6 Å². The maximum Gasteiger partial charge on any atom is 0.255 e. The first-order valence-corrected chi connectivity index (χ1v) is 5.75. The quantitative estimate of drug-likeness (QED) is 0.772. The Morgan fingerprint density at radius 1 is 1.47 bits per heavy atom. The zero-order valence-electron chi connectivity index (χ0n) is 9.77. The Balaban J connectivity index is 2.73. The lowest BCUT2D eigenvalue weighted by Crippen LogP contribution is -2.34. The Labute approximate surface area is 105 Å². The first kappa shape index (κ1) is 13.8. The maximum absolute atomic E-state index is 11.8. The number of hydrogen-bond donors (Lipinski definition) is 3. The molecule has 0 aliphatic carbocycles. The molecule has 0 saturated carbocycles. The van der Waals surface area contributed by atoms with E-state index in [-0.39, 0.29) is 17.4 Å². The van der Waals surface area contributed by atoms with Gasteiger partial charge < -0.3 is 15.5 Å². The zero-order valence-corrected chi connectivity index (χ0v) is 10.5. The maximum atomic E-state index is 11.8. The van der Waals surface area contributed by atoms with Gasteiger partial charge in [-0.3, -0.25) is 4.79 Å². The van der Waals surface area contributed by atoms with Crippen LogP contribution in [0.1, 0.15) is 30.6 Å². The van der Waals surface area contributed by atoms with Gasteiger partial charge in [0.05, 0.1) is 11.7 Å². The van der Waals surface area contributed by atoms with Crippen LogP contribution in [0.4, 0.5) is 0 Å². The Kier molecular flexibility index (Phi) is 4.78. The first-order chi connectivity index (χ1) is 7.90. The number of aromatic hydroxyl groups is 1. The van der Waals surface area contributed by atoms with Gasteiger partial charge in [-0.2, -0.15) is 0 Å². The average molecular weight is 258 g/mol. The van der Waals surface area contributed by atoms with E-state index >= 15 is 0 Å². The molecule has 1 amide bonds. The van der Waals surface area contributed by atoms with Gasteiger partial charge in [0.15, 0.2) is 0 Å². The van der Waals surface area contributed by atoms with Crippen molar-refractivity contribution in [3.8, 4) is 5.75 Å². The summed E-state index contributed by atoms with van der Waals surface area (Å²) in [7, 11) is 0. The van der Waals surface area contributed by atoms with E-state index in [4.69, 9.17) is 11.6 Å². The minimum atomic E-state index is -0.488. The van der Waals surface area contributed by atoms with Gasteiger partial charge in [-0.15, -0.1) is 0 Å². The zero-order chi connectivity index (χ0) is 13.0. The summed E-state index contributed by atoms with van der Waals surface area (Å²) in [4.78, 5) is 11.8. The molecule has 1 rings (SSSR count). The second kappa shape index (κ2) is 5.89. The Morgan fingerprint density at radius 2 is 2.12 bits per heavy atom. The van der Waals surface area contributed by atoms with Crippen LogP contribution in [0.2, 0.25) is 5.02 Å². The van der Waals surface area contributed by atoms with Gasteiger partial charge in [0.2, 0.25) is 0 Å². The number of aliphatic hydroxyl groups is 1. The Hall–Kier alpha value is -1.26. The van der Waals surface area contributed by atoms with Crippen LogP contribution in [-0.4, -0.2) is 28.3 Å². The SMILES string of the molecule is CC(O)CC(C)NC(=O)c1cc(Cl)ccc1O. The molecular weight excluding hydrogens is 242 g/mol. The third kappa shape index (κ3) is 4.24. The molecule has 2 atom stereocenters. The minimum Gasteiger partial charge on any atom is -0.507 e. The molecule has 1 aromatic rings. The Morgan fingerprint density at radius 3 is 2.71 bits per heavy atom. The molecule has 0 aliphatic rings. The van der Waals surface area contributed by atoms with Crippen LogP contribution in [0.5, 0.6) is 5.75 Å². The van der Waals surface area contributed by atoms with Crippen LogP contribution in [-0.2, 0) is 0 Å². The van der Waals surface area contributed by atoms with Gasteiger partial charge in [0.25, 0.3) is 5.91 Å². The number of phenols is 1. The van der Waals surface area contributed by atoms with E-state index in [2.05, 4.69) is 5.32 Å². The van der Waals surface area contributed by atoms with E-state index in [1.807, 2.05) is 0 Å². The van der Waals surface area contributed by atoms with E-state index in [9.17, 15) is 15.0 Å². The number of aliphatic hydroxyl groups excluding tert-OH is 1. The number of rotatable bonds is 4. The monoisotopic (exact) mass is 257 g/mol. The highest BCUT2D eigenvalue weighted by Gasteiger charge is 2.15. The van der Waals surface area contributed by atoms with E-state index in [0.29, 0.717) is 11.4 Å². The highest BCUT2D eigenvalue weighted by Crippen LogP contribution is 2.21. The van der Waals surface area contributed by atoms with Crippen LogP contribution in [0.3, 0.4) is 0 Å². The van der Waals surface area contributed by atoms with Crippen molar-refractivity contribution in [2.45, 2.75) is 32.4 Å². The summed E-state index contributed by atoms with van der Waals surface area (Å²) >= 11 is 5.75. The largest absolute Gasteiger partial charge is 0.507 e. The molecule has 0 bridgehead atoms. The molecule has 0 aliphatic heterocycles. The smallest absolute Gasteiger partial charge is 0.255 e. The number of nitrogens with one attached hydrogen (secondary N) is 1. The van der Waals surface area contributed by atoms with Gasteiger partial charge in [0.1, 0.15) is 5.75 Å². The van der Waals surface area contributed by atoms with Crippen molar-refractivity contribution < 1.29 is 15.0 Å². The lowest BCUT2D eigenvalue weighted by Gasteiger charge is -2.15. The molecule has 0 radical (unpaired) electrons. The summed E-state index contributed by atoms with van der Waals surface area (Å²) in [5.41, 5.74) is 0.134. The number of carbonyl (C=O) groups excluding carboxylic acids is 1. The number of amides is 1. The lowest BCUT2D eigenvalue weighted by molar-refractivity contribution is 0.0920. The molecule has 0 heterocycles. The predicted octanol–water partition coefficient (Wildman–Crippen LogP) is 1.93. The summed E-state index contributed by atoms with van der Waals surface area (Å²) in [6.45, 7) is 3.44. The van der Waals surface area contributed by atoms with Crippen molar-refractivity contribution in [2.75, 3.05) is 0 Å². The van der Waals surface area contributed by atoms with Crippen LogP contribution in [0.15, 0.2) is 18.2 Å². The molecule has 4 nitrogen and oxygen atoms in total. The molecule has 1 aromatic carbocycles.